The van der Waals surface area contributed by atoms with Crippen LogP contribution in [-0.2, 0) is 0 Å². The van der Waals surface area contributed by atoms with E-state index in [2.05, 4.69) is 9.97 Å². The normalized spacial score (nSPS) is 15.0. The quantitative estimate of drug-likeness (QED) is 0.931. The maximum Gasteiger partial charge on any atom is 0.263 e. The van der Waals surface area contributed by atoms with Crippen molar-refractivity contribution in [3.8, 4) is 0 Å². The van der Waals surface area contributed by atoms with Gasteiger partial charge in [0, 0.05) is 17.5 Å². The van der Waals surface area contributed by atoms with E-state index in [0.717, 1.165) is 24.2 Å². The van der Waals surface area contributed by atoms with E-state index < -0.39 is 6.43 Å². The Hall–Kier alpha value is -2.30. The Balaban J connectivity index is 1.80. The number of rotatable bonds is 4. The summed E-state index contributed by atoms with van der Waals surface area (Å²) in [6.45, 7) is 0. The number of benzene rings is 1. The van der Waals surface area contributed by atoms with E-state index in [4.69, 9.17) is 0 Å². The summed E-state index contributed by atoms with van der Waals surface area (Å²) in [5, 5.41) is 0. The molecule has 0 aliphatic heterocycles. The van der Waals surface area contributed by atoms with Gasteiger partial charge in [0.2, 0.25) is 0 Å². The number of aromatic nitrogens is 2. The molecule has 0 radical (unpaired) electrons. The molecule has 21 heavy (non-hydrogen) atoms. The van der Waals surface area contributed by atoms with Gasteiger partial charge in [-0.15, -0.1) is 0 Å². The van der Waals surface area contributed by atoms with E-state index in [1.807, 2.05) is 0 Å². The second-order valence-electron chi connectivity index (χ2n) is 5.13. The fourth-order valence-corrected chi connectivity index (χ4v) is 2.07. The number of nitrogens with one attached hydrogen (secondary N) is 1. The van der Waals surface area contributed by atoms with Crippen molar-refractivity contribution in [2.24, 2.45) is 0 Å². The number of nitrogens with zero attached hydrogens (tertiary/aromatic N) is 1. The first-order chi connectivity index (χ1) is 10.1. The van der Waals surface area contributed by atoms with Gasteiger partial charge in [0.05, 0.1) is 5.69 Å². The van der Waals surface area contributed by atoms with E-state index in [-0.39, 0.29) is 11.1 Å². The van der Waals surface area contributed by atoms with Crippen molar-refractivity contribution in [1.29, 1.82) is 0 Å². The van der Waals surface area contributed by atoms with Gasteiger partial charge in [-0.25, -0.2) is 13.8 Å². The molecule has 1 aromatic carbocycles. The monoisotopic (exact) mass is 288 g/mol. The van der Waals surface area contributed by atoms with Crippen LogP contribution in [0.15, 0.2) is 35.1 Å². The Bertz CT molecular complexity index is 716. The van der Waals surface area contributed by atoms with Gasteiger partial charge in [-0.05, 0) is 24.5 Å². The van der Waals surface area contributed by atoms with Crippen molar-refractivity contribution in [3.63, 3.8) is 0 Å². The summed E-state index contributed by atoms with van der Waals surface area (Å²) in [6, 6.07) is 7.45. The van der Waals surface area contributed by atoms with Crippen LogP contribution in [0.1, 0.15) is 47.8 Å². The van der Waals surface area contributed by atoms with Crippen LogP contribution in [0.25, 0.3) is 12.2 Å². The average Bonchev–Trinajstić information content (AvgIpc) is 3.29. The molecule has 0 spiro atoms. The fourth-order valence-electron chi connectivity index (χ4n) is 2.07. The SMILES string of the molecule is O=c1cc(C=Cc2ccc(C(F)F)cc2)nc(C2CC2)[nH]1. The predicted molar refractivity (Wildman–Crippen MR) is 77.2 cm³/mol. The number of H-pyrrole nitrogens is 1. The van der Waals surface area contributed by atoms with Crippen LogP contribution in [0, 0.1) is 0 Å². The highest BCUT2D eigenvalue weighted by Gasteiger charge is 2.26. The summed E-state index contributed by atoms with van der Waals surface area (Å²) in [6.07, 6.45) is 3.14. The van der Waals surface area contributed by atoms with E-state index >= 15 is 0 Å². The van der Waals surface area contributed by atoms with Crippen LogP contribution in [0.3, 0.4) is 0 Å². The topological polar surface area (TPSA) is 45.8 Å². The van der Waals surface area contributed by atoms with Gasteiger partial charge in [-0.1, -0.05) is 30.3 Å². The minimum atomic E-state index is -2.46. The first-order valence-corrected chi connectivity index (χ1v) is 6.79. The molecule has 1 fully saturated rings. The van der Waals surface area contributed by atoms with E-state index in [1.54, 1.807) is 24.3 Å². The molecule has 1 aromatic heterocycles. The van der Waals surface area contributed by atoms with Crippen LogP contribution < -0.4 is 5.56 Å². The zero-order valence-corrected chi connectivity index (χ0v) is 11.2. The van der Waals surface area contributed by atoms with E-state index in [1.165, 1.54) is 18.2 Å². The van der Waals surface area contributed by atoms with Gasteiger partial charge < -0.3 is 4.98 Å². The van der Waals surface area contributed by atoms with Gasteiger partial charge in [0.25, 0.3) is 12.0 Å². The van der Waals surface area contributed by atoms with Gasteiger partial charge in [0.1, 0.15) is 5.82 Å². The molecule has 3 rings (SSSR count). The number of aromatic amines is 1. The molecular weight excluding hydrogens is 274 g/mol. The molecule has 2 aromatic rings. The molecule has 5 heteroatoms. The number of hydrogen-bond donors (Lipinski definition) is 1. The zero-order chi connectivity index (χ0) is 14.8. The molecular formula is C16H14F2N2O. The first kappa shape index (κ1) is 13.7. The third-order valence-electron chi connectivity index (χ3n) is 3.38. The molecule has 108 valence electrons. The highest BCUT2D eigenvalue weighted by atomic mass is 19.3. The summed E-state index contributed by atoms with van der Waals surface area (Å²) in [5.41, 5.74) is 1.20. The van der Waals surface area contributed by atoms with Gasteiger partial charge in [-0.3, -0.25) is 4.79 Å². The molecule has 0 bridgehead atoms. The molecule has 1 saturated carbocycles. The van der Waals surface area contributed by atoms with Gasteiger partial charge in [-0.2, -0.15) is 0 Å². The van der Waals surface area contributed by atoms with Crippen molar-refractivity contribution < 1.29 is 8.78 Å². The fraction of sp³-hybridized carbons (Fsp3) is 0.250. The van der Waals surface area contributed by atoms with Crippen molar-refractivity contribution in [1.82, 2.24) is 9.97 Å². The summed E-state index contributed by atoms with van der Waals surface area (Å²) < 4.78 is 24.9. The Morgan fingerprint density at radius 1 is 1.19 bits per heavy atom. The molecule has 0 amide bonds. The molecule has 1 heterocycles. The Labute approximate surface area is 120 Å². The van der Waals surface area contributed by atoms with E-state index in [9.17, 15) is 13.6 Å². The smallest absolute Gasteiger partial charge is 0.263 e. The van der Waals surface area contributed by atoms with Crippen molar-refractivity contribution >= 4 is 12.2 Å². The maximum atomic E-state index is 12.5. The molecule has 1 N–H and O–H groups in total. The Kier molecular flexibility index (Phi) is 3.64. The molecule has 0 unspecified atom stereocenters. The summed E-state index contributed by atoms with van der Waals surface area (Å²) in [7, 11) is 0. The summed E-state index contributed by atoms with van der Waals surface area (Å²) >= 11 is 0. The Morgan fingerprint density at radius 3 is 2.52 bits per heavy atom. The molecule has 1 aliphatic carbocycles. The maximum absolute atomic E-state index is 12.5. The van der Waals surface area contributed by atoms with Crippen LogP contribution in [0.2, 0.25) is 0 Å². The first-order valence-electron chi connectivity index (χ1n) is 6.79. The second kappa shape index (κ2) is 5.60. The largest absolute Gasteiger partial charge is 0.310 e. The van der Waals surface area contributed by atoms with Gasteiger partial charge in [0.15, 0.2) is 0 Å². The van der Waals surface area contributed by atoms with E-state index in [0.29, 0.717) is 11.6 Å². The zero-order valence-electron chi connectivity index (χ0n) is 11.2. The van der Waals surface area contributed by atoms with Crippen LogP contribution in [0.4, 0.5) is 8.78 Å². The van der Waals surface area contributed by atoms with Crippen LogP contribution >= 0.6 is 0 Å². The molecule has 0 saturated heterocycles. The highest BCUT2D eigenvalue weighted by Crippen LogP contribution is 2.37. The number of hydrogen-bond acceptors (Lipinski definition) is 2. The highest BCUT2D eigenvalue weighted by molar-refractivity contribution is 5.67. The second-order valence-corrected chi connectivity index (χ2v) is 5.13. The minimum absolute atomic E-state index is 0.00236. The van der Waals surface area contributed by atoms with Crippen molar-refractivity contribution in [2.75, 3.05) is 0 Å². The summed E-state index contributed by atoms with van der Waals surface area (Å²) in [5.74, 6) is 1.10. The Morgan fingerprint density at radius 2 is 1.90 bits per heavy atom. The lowest BCUT2D eigenvalue weighted by Crippen LogP contribution is -2.10. The van der Waals surface area contributed by atoms with Crippen LogP contribution in [-0.4, -0.2) is 9.97 Å². The predicted octanol–water partition coefficient (Wildman–Crippen LogP) is 3.76. The summed E-state index contributed by atoms with van der Waals surface area (Å²) in [4.78, 5) is 18.7. The third-order valence-corrected chi connectivity index (χ3v) is 3.38. The lowest BCUT2D eigenvalue weighted by molar-refractivity contribution is 0.151. The van der Waals surface area contributed by atoms with Gasteiger partial charge >= 0.3 is 0 Å². The molecule has 3 nitrogen and oxygen atoms in total. The van der Waals surface area contributed by atoms with Crippen LogP contribution in [0.5, 0.6) is 0 Å². The average molecular weight is 288 g/mol. The van der Waals surface area contributed by atoms with Crippen molar-refractivity contribution in [3.05, 3.63) is 63.3 Å². The molecule has 1 aliphatic rings. The number of alkyl halides is 2. The lowest BCUT2D eigenvalue weighted by Gasteiger charge is -2.00. The minimum Gasteiger partial charge on any atom is -0.310 e. The lowest BCUT2D eigenvalue weighted by atomic mass is 10.1. The third kappa shape index (κ3) is 3.42. The number of halogens is 2. The molecule has 0 atom stereocenters. The standard InChI is InChI=1S/C16H14F2N2O/c17-15(18)11-4-1-10(2-5-11)3-8-13-9-14(21)20-16(19-13)12-6-7-12/h1-5,8-9,12,15H,6-7H2,(H,19,20,21). The van der Waals surface area contributed by atoms with Crippen molar-refractivity contribution in [2.45, 2.75) is 25.2 Å².